The molecule has 1 aromatic carbocycles. The Hall–Kier alpha value is -1.87. The molecular weight excluding hydrogens is 365 g/mol. The van der Waals surface area contributed by atoms with E-state index < -0.39 is 44.8 Å². The van der Waals surface area contributed by atoms with E-state index in [-0.39, 0.29) is 17.9 Å². The number of rotatable bonds is 4. The van der Waals surface area contributed by atoms with E-state index in [1.54, 1.807) is 27.7 Å². The fourth-order valence-corrected chi connectivity index (χ4v) is 4.26. The molecule has 1 aromatic rings. The maximum atomic E-state index is 13.4. The zero-order valence-electron chi connectivity index (χ0n) is 15.2. The zero-order valence-corrected chi connectivity index (χ0v) is 16.0. The van der Waals surface area contributed by atoms with Crippen LogP contribution in [0.5, 0.6) is 5.75 Å². The molecule has 9 heteroatoms. The first-order chi connectivity index (χ1) is 11.9. The lowest BCUT2D eigenvalue weighted by Gasteiger charge is -2.40. The molecule has 0 saturated heterocycles. The molecule has 2 N–H and O–H groups in total. The summed E-state index contributed by atoms with van der Waals surface area (Å²) < 4.78 is 50.6. The summed E-state index contributed by atoms with van der Waals surface area (Å²) in [6, 6.07) is 3.52. The number of benzene rings is 1. The van der Waals surface area contributed by atoms with Crippen molar-refractivity contribution in [1.82, 2.24) is 4.72 Å². The zero-order chi connectivity index (χ0) is 19.8. The highest BCUT2D eigenvalue weighted by Gasteiger charge is 2.47. The Balaban J connectivity index is 2.31. The summed E-state index contributed by atoms with van der Waals surface area (Å²) in [6.45, 7) is 6.61. The predicted octanol–water partition coefficient (Wildman–Crippen LogP) is 2.29. The largest absolute Gasteiger partial charge is 0.493 e. The minimum atomic E-state index is -4.23. The van der Waals surface area contributed by atoms with Crippen LogP contribution in [0.25, 0.3) is 0 Å². The highest BCUT2D eigenvalue weighted by Crippen LogP contribution is 2.42. The fourth-order valence-electron chi connectivity index (χ4n) is 2.92. The van der Waals surface area contributed by atoms with Gasteiger partial charge in [-0.25, -0.2) is 22.3 Å². The second kappa shape index (κ2) is 7.03. The number of amides is 1. The summed E-state index contributed by atoms with van der Waals surface area (Å²) in [5.41, 5.74) is -2.53. The summed E-state index contributed by atoms with van der Waals surface area (Å²) >= 11 is 0. The van der Waals surface area contributed by atoms with Crippen molar-refractivity contribution in [3.05, 3.63) is 29.6 Å². The highest BCUT2D eigenvalue weighted by molar-refractivity contribution is 7.90. The van der Waals surface area contributed by atoms with Gasteiger partial charge < -0.3 is 14.6 Å². The molecule has 0 spiro atoms. The molecule has 2 unspecified atom stereocenters. The Morgan fingerprint density at radius 3 is 2.69 bits per heavy atom. The number of fused-ring (bicyclic) bond motifs is 1. The number of hydrogen-bond acceptors (Lipinski definition) is 6. The topological polar surface area (TPSA) is 102 Å². The molecule has 26 heavy (non-hydrogen) atoms. The molecule has 1 aliphatic heterocycles. The van der Waals surface area contributed by atoms with Crippen molar-refractivity contribution in [2.24, 2.45) is 5.92 Å². The molecule has 1 amide bonds. The van der Waals surface area contributed by atoms with Crippen LogP contribution in [-0.2, 0) is 20.4 Å². The van der Waals surface area contributed by atoms with Gasteiger partial charge in [-0.15, -0.1) is 0 Å². The van der Waals surface area contributed by atoms with E-state index in [0.717, 1.165) is 12.1 Å². The minimum Gasteiger partial charge on any atom is -0.493 e. The smallest absolute Gasteiger partial charge is 0.421 e. The molecule has 0 saturated carbocycles. The third-order valence-corrected chi connectivity index (χ3v) is 5.36. The lowest BCUT2D eigenvalue weighted by Crippen LogP contribution is -2.50. The molecule has 0 fully saturated rings. The van der Waals surface area contributed by atoms with Crippen molar-refractivity contribution in [2.75, 3.05) is 12.4 Å². The summed E-state index contributed by atoms with van der Waals surface area (Å²) in [5.74, 6) is -1.80. The van der Waals surface area contributed by atoms with Crippen molar-refractivity contribution in [1.29, 1.82) is 0 Å². The molecule has 0 aliphatic carbocycles. The van der Waals surface area contributed by atoms with Gasteiger partial charge in [0.2, 0.25) is 10.0 Å². The van der Waals surface area contributed by atoms with Crippen LogP contribution in [0.3, 0.4) is 0 Å². The Bertz CT molecular complexity index is 789. The first-order valence-electron chi connectivity index (χ1n) is 8.25. The van der Waals surface area contributed by atoms with Crippen LogP contribution in [0.15, 0.2) is 18.2 Å². The monoisotopic (exact) mass is 389 g/mol. The van der Waals surface area contributed by atoms with Crippen molar-refractivity contribution in [3.8, 4) is 5.75 Å². The van der Waals surface area contributed by atoms with Crippen LogP contribution in [0.1, 0.15) is 39.7 Å². The predicted molar refractivity (Wildman–Crippen MR) is 92.7 cm³/mol. The number of nitrogens with one attached hydrogen (secondary N) is 1. The van der Waals surface area contributed by atoms with Gasteiger partial charge in [-0.3, -0.25) is 0 Å². The lowest BCUT2D eigenvalue weighted by atomic mass is 9.79. The van der Waals surface area contributed by atoms with Crippen LogP contribution in [0.2, 0.25) is 0 Å². The molecule has 1 heterocycles. The van der Waals surface area contributed by atoms with Gasteiger partial charge >= 0.3 is 6.09 Å². The summed E-state index contributed by atoms with van der Waals surface area (Å²) in [5, 5.41) is 11.2. The molecule has 146 valence electrons. The number of aliphatic hydroxyl groups is 1. The number of halogens is 1. The van der Waals surface area contributed by atoms with Crippen LogP contribution >= 0.6 is 0 Å². The van der Waals surface area contributed by atoms with Crippen molar-refractivity contribution in [2.45, 2.75) is 45.3 Å². The van der Waals surface area contributed by atoms with Gasteiger partial charge in [0, 0.05) is 17.5 Å². The normalized spacial score (nSPS) is 22.9. The van der Waals surface area contributed by atoms with E-state index in [4.69, 9.17) is 9.47 Å². The molecule has 2 atom stereocenters. The number of carbonyl (C=O) groups excluding carboxylic acids is 1. The Morgan fingerprint density at radius 1 is 1.46 bits per heavy atom. The van der Waals surface area contributed by atoms with E-state index >= 15 is 0 Å². The van der Waals surface area contributed by atoms with Crippen LogP contribution < -0.4 is 9.46 Å². The van der Waals surface area contributed by atoms with E-state index in [2.05, 4.69) is 0 Å². The van der Waals surface area contributed by atoms with E-state index in [9.17, 15) is 22.7 Å². The molecule has 0 radical (unpaired) electrons. The van der Waals surface area contributed by atoms with Crippen LogP contribution in [0, 0.1) is 11.7 Å². The second-order valence-electron chi connectivity index (χ2n) is 7.34. The standard InChI is InChI=1S/C17H24FNO6S/c1-5-11-9-24-14-8-12(18)6-7-13(14)17(11,21)10-26(22,23)19-15(20)25-16(2,3)4/h6-8,11,21H,5,9-10H2,1-4H3,(H,19,20). The highest BCUT2D eigenvalue weighted by atomic mass is 32.2. The van der Waals surface area contributed by atoms with Gasteiger partial charge in [0.05, 0.1) is 6.61 Å². The summed E-state index contributed by atoms with van der Waals surface area (Å²) in [6.07, 6.45) is -0.699. The van der Waals surface area contributed by atoms with Crippen molar-refractivity contribution in [3.63, 3.8) is 0 Å². The molecule has 1 aliphatic rings. The van der Waals surface area contributed by atoms with Gasteiger partial charge in [-0.2, -0.15) is 0 Å². The summed E-state index contributed by atoms with van der Waals surface area (Å²) in [4.78, 5) is 11.8. The average Bonchev–Trinajstić information content (AvgIpc) is 2.43. The third kappa shape index (κ3) is 4.64. The third-order valence-electron chi connectivity index (χ3n) is 4.07. The van der Waals surface area contributed by atoms with Gasteiger partial charge in [0.25, 0.3) is 0 Å². The maximum Gasteiger partial charge on any atom is 0.421 e. The fraction of sp³-hybridized carbons (Fsp3) is 0.588. The van der Waals surface area contributed by atoms with E-state index in [0.29, 0.717) is 6.42 Å². The molecular formula is C17H24FNO6S. The SMILES string of the molecule is CCC1COc2cc(F)ccc2C1(O)CS(=O)(=O)NC(=O)OC(C)(C)C. The number of ether oxygens (including phenoxy) is 2. The molecule has 7 nitrogen and oxygen atoms in total. The van der Waals surface area contributed by atoms with Gasteiger partial charge in [-0.05, 0) is 39.3 Å². The van der Waals surface area contributed by atoms with Gasteiger partial charge in [0.15, 0.2) is 0 Å². The quantitative estimate of drug-likeness (QED) is 0.819. The van der Waals surface area contributed by atoms with Crippen LogP contribution in [-0.4, -0.2) is 37.6 Å². The molecule has 2 rings (SSSR count). The number of hydrogen-bond donors (Lipinski definition) is 2. The maximum absolute atomic E-state index is 13.4. The molecule has 0 aromatic heterocycles. The first kappa shape index (κ1) is 20.4. The molecule has 0 bridgehead atoms. The summed E-state index contributed by atoms with van der Waals surface area (Å²) in [7, 11) is -4.23. The number of carbonyl (C=O) groups is 1. The number of sulfonamides is 1. The minimum absolute atomic E-state index is 0.0331. The van der Waals surface area contributed by atoms with Gasteiger partial charge in [-0.1, -0.05) is 6.92 Å². The lowest BCUT2D eigenvalue weighted by molar-refractivity contribution is -0.0420. The average molecular weight is 389 g/mol. The Kier molecular flexibility index (Phi) is 5.53. The van der Waals surface area contributed by atoms with Crippen molar-refractivity contribution < 1.29 is 32.2 Å². The van der Waals surface area contributed by atoms with Crippen molar-refractivity contribution >= 4 is 16.1 Å². The van der Waals surface area contributed by atoms with E-state index in [1.165, 1.54) is 6.07 Å². The Morgan fingerprint density at radius 2 is 2.12 bits per heavy atom. The van der Waals surface area contributed by atoms with Crippen LogP contribution in [0.4, 0.5) is 9.18 Å². The first-order valence-corrected chi connectivity index (χ1v) is 9.90. The second-order valence-corrected chi connectivity index (χ2v) is 9.07. The Labute approximate surface area is 152 Å². The van der Waals surface area contributed by atoms with E-state index in [1.807, 2.05) is 4.72 Å². The van der Waals surface area contributed by atoms with Gasteiger partial charge in [0.1, 0.15) is 28.5 Å².